The highest BCUT2D eigenvalue weighted by Gasteiger charge is 2.08. The first-order valence-electron chi connectivity index (χ1n) is 6.29. The monoisotopic (exact) mass is 286 g/mol. The summed E-state index contributed by atoms with van der Waals surface area (Å²) in [6.07, 6.45) is 0. The fourth-order valence-corrected chi connectivity index (χ4v) is 1.81. The van der Waals surface area contributed by atoms with E-state index in [9.17, 15) is 14.9 Å². The quantitative estimate of drug-likeness (QED) is 0.676. The normalized spacial score (nSPS) is 9.95. The molecule has 0 heterocycles. The van der Waals surface area contributed by atoms with Gasteiger partial charge in [-0.1, -0.05) is 24.3 Å². The maximum atomic E-state index is 11.1. The van der Waals surface area contributed by atoms with Crippen molar-refractivity contribution in [2.75, 3.05) is 5.32 Å². The molecule has 0 aliphatic rings. The maximum absolute atomic E-state index is 11.1. The van der Waals surface area contributed by atoms with Crippen molar-refractivity contribution >= 4 is 17.3 Å². The number of carbonyl (C=O) groups excluding carboxylic acids is 1. The second-order valence-corrected chi connectivity index (χ2v) is 4.39. The van der Waals surface area contributed by atoms with Crippen molar-refractivity contribution in [1.82, 2.24) is 0 Å². The number of rotatable bonds is 5. The van der Waals surface area contributed by atoms with Crippen molar-refractivity contribution < 1.29 is 14.5 Å². The molecule has 108 valence electrons. The van der Waals surface area contributed by atoms with Gasteiger partial charge in [-0.15, -0.1) is 0 Å². The summed E-state index contributed by atoms with van der Waals surface area (Å²) < 4.78 is 5.62. The number of anilines is 1. The number of para-hydroxylation sites is 2. The first kappa shape index (κ1) is 14.5. The number of hydrogen-bond acceptors (Lipinski definition) is 4. The molecule has 0 aromatic heterocycles. The van der Waals surface area contributed by atoms with E-state index < -0.39 is 4.92 Å². The molecular formula is C15H14N2O4. The van der Waals surface area contributed by atoms with Crippen LogP contribution in [0.1, 0.15) is 12.5 Å². The summed E-state index contributed by atoms with van der Waals surface area (Å²) in [6, 6.07) is 13.3. The number of non-ortho nitro benzene ring substituents is 1. The highest BCUT2D eigenvalue weighted by Crippen LogP contribution is 2.25. The van der Waals surface area contributed by atoms with Crippen LogP contribution in [0.2, 0.25) is 0 Å². The van der Waals surface area contributed by atoms with Crippen molar-refractivity contribution in [2.24, 2.45) is 0 Å². The zero-order valence-electron chi connectivity index (χ0n) is 11.4. The Morgan fingerprint density at radius 2 is 2.00 bits per heavy atom. The van der Waals surface area contributed by atoms with Crippen molar-refractivity contribution in [3.05, 3.63) is 64.2 Å². The minimum atomic E-state index is -0.450. The number of nitrogens with one attached hydrogen (secondary N) is 1. The standard InChI is InChI=1S/C15H14N2O4/c1-11(18)16-14-7-2-3-8-15(14)21-10-12-5-4-6-13(9-12)17(19)20/h2-9H,10H2,1H3,(H,16,18). The molecule has 1 amide bonds. The van der Waals surface area contributed by atoms with E-state index in [0.717, 1.165) is 0 Å². The Kier molecular flexibility index (Phi) is 4.50. The molecule has 0 saturated heterocycles. The Balaban J connectivity index is 2.11. The summed E-state index contributed by atoms with van der Waals surface area (Å²) in [4.78, 5) is 21.4. The van der Waals surface area contributed by atoms with Gasteiger partial charge in [-0.25, -0.2) is 0 Å². The second kappa shape index (κ2) is 6.51. The molecule has 0 atom stereocenters. The zero-order chi connectivity index (χ0) is 15.2. The Hall–Kier alpha value is -2.89. The predicted molar refractivity (Wildman–Crippen MR) is 78.2 cm³/mol. The van der Waals surface area contributed by atoms with Gasteiger partial charge in [-0.3, -0.25) is 14.9 Å². The van der Waals surface area contributed by atoms with Gasteiger partial charge < -0.3 is 10.1 Å². The molecule has 0 bridgehead atoms. The fourth-order valence-electron chi connectivity index (χ4n) is 1.81. The van der Waals surface area contributed by atoms with Crippen LogP contribution in [0.5, 0.6) is 5.75 Å². The molecule has 0 spiro atoms. The number of carbonyl (C=O) groups is 1. The summed E-state index contributed by atoms with van der Waals surface area (Å²) in [5.74, 6) is 0.320. The van der Waals surface area contributed by atoms with E-state index in [1.54, 1.807) is 36.4 Å². The average molecular weight is 286 g/mol. The molecular weight excluding hydrogens is 272 g/mol. The summed E-state index contributed by atoms with van der Waals surface area (Å²) in [7, 11) is 0. The summed E-state index contributed by atoms with van der Waals surface area (Å²) in [6.45, 7) is 1.59. The number of hydrogen-bond donors (Lipinski definition) is 1. The first-order chi connectivity index (χ1) is 10.1. The topological polar surface area (TPSA) is 81.5 Å². The summed E-state index contributed by atoms with van der Waals surface area (Å²) >= 11 is 0. The smallest absolute Gasteiger partial charge is 0.269 e. The SMILES string of the molecule is CC(=O)Nc1ccccc1OCc1cccc([N+](=O)[O-])c1. The van der Waals surface area contributed by atoms with Gasteiger partial charge in [0, 0.05) is 19.1 Å². The lowest BCUT2D eigenvalue weighted by molar-refractivity contribution is -0.384. The van der Waals surface area contributed by atoms with Crippen molar-refractivity contribution in [1.29, 1.82) is 0 Å². The van der Waals surface area contributed by atoms with Crippen LogP contribution in [0.25, 0.3) is 0 Å². The molecule has 0 radical (unpaired) electrons. The Bertz CT molecular complexity index is 670. The van der Waals surface area contributed by atoms with E-state index in [1.807, 2.05) is 0 Å². The molecule has 2 rings (SSSR count). The van der Waals surface area contributed by atoms with Crippen LogP contribution in [-0.4, -0.2) is 10.8 Å². The molecule has 2 aromatic carbocycles. The van der Waals surface area contributed by atoms with E-state index in [1.165, 1.54) is 19.1 Å². The Labute approximate surface area is 121 Å². The number of nitrogens with zero attached hydrogens (tertiary/aromatic N) is 1. The van der Waals surface area contributed by atoms with Gasteiger partial charge in [0.15, 0.2) is 0 Å². The van der Waals surface area contributed by atoms with Crippen LogP contribution in [-0.2, 0) is 11.4 Å². The van der Waals surface area contributed by atoms with Crippen molar-refractivity contribution in [3.63, 3.8) is 0 Å². The Morgan fingerprint density at radius 1 is 1.24 bits per heavy atom. The molecule has 21 heavy (non-hydrogen) atoms. The van der Waals surface area contributed by atoms with Gasteiger partial charge in [-0.2, -0.15) is 0 Å². The molecule has 0 saturated carbocycles. The van der Waals surface area contributed by atoms with Crippen molar-refractivity contribution in [2.45, 2.75) is 13.5 Å². The lowest BCUT2D eigenvalue weighted by Crippen LogP contribution is -2.07. The number of ether oxygens (including phenoxy) is 1. The van der Waals surface area contributed by atoms with Gasteiger partial charge in [-0.05, 0) is 17.7 Å². The zero-order valence-corrected chi connectivity index (χ0v) is 11.4. The number of amides is 1. The average Bonchev–Trinajstić information content (AvgIpc) is 2.46. The van der Waals surface area contributed by atoms with Crippen LogP contribution in [0.15, 0.2) is 48.5 Å². The minimum absolute atomic E-state index is 0.0197. The van der Waals surface area contributed by atoms with Gasteiger partial charge in [0.2, 0.25) is 5.91 Å². The fraction of sp³-hybridized carbons (Fsp3) is 0.133. The summed E-state index contributed by atoms with van der Waals surface area (Å²) in [5, 5.41) is 13.4. The van der Waals surface area contributed by atoms with Gasteiger partial charge in [0.25, 0.3) is 5.69 Å². The summed E-state index contributed by atoms with van der Waals surface area (Å²) in [5.41, 5.74) is 1.27. The van der Waals surface area contributed by atoms with Crippen LogP contribution in [0.4, 0.5) is 11.4 Å². The Morgan fingerprint density at radius 3 is 2.71 bits per heavy atom. The predicted octanol–water partition coefficient (Wildman–Crippen LogP) is 3.13. The number of nitro groups is 1. The highest BCUT2D eigenvalue weighted by atomic mass is 16.6. The van der Waals surface area contributed by atoms with Gasteiger partial charge >= 0.3 is 0 Å². The van der Waals surface area contributed by atoms with Crippen LogP contribution in [0, 0.1) is 10.1 Å². The maximum Gasteiger partial charge on any atom is 0.269 e. The van der Waals surface area contributed by atoms with Gasteiger partial charge in [0.1, 0.15) is 12.4 Å². The van der Waals surface area contributed by atoms with E-state index in [-0.39, 0.29) is 18.2 Å². The van der Waals surface area contributed by atoms with Crippen LogP contribution < -0.4 is 10.1 Å². The molecule has 0 aliphatic carbocycles. The van der Waals surface area contributed by atoms with Crippen molar-refractivity contribution in [3.8, 4) is 5.75 Å². The van der Waals surface area contributed by atoms with Crippen LogP contribution >= 0.6 is 0 Å². The molecule has 0 fully saturated rings. The number of benzene rings is 2. The molecule has 0 unspecified atom stereocenters. The third kappa shape index (κ3) is 4.04. The lowest BCUT2D eigenvalue weighted by atomic mass is 10.2. The van der Waals surface area contributed by atoms with E-state index >= 15 is 0 Å². The molecule has 6 nitrogen and oxygen atoms in total. The van der Waals surface area contributed by atoms with E-state index in [0.29, 0.717) is 17.0 Å². The third-order valence-corrected chi connectivity index (χ3v) is 2.71. The van der Waals surface area contributed by atoms with Gasteiger partial charge in [0.05, 0.1) is 10.6 Å². The first-order valence-corrected chi connectivity index (χ1v) is 6.29. The highest BCUT2D eigenvalue weighted by molar-refractivity contribution is 5.90. The molecule has 6 heteroatoms. The minimum Gasteiger partial charge on any atom is -0.487 e. The third-order valence-electron chi connectivity index (χ3n) is 2.71. The molecule has 2 aromatic rings. The lowest BCUT2D eigenvalue weighted by Gasteiger charge is -2.11. The largest absolute Gasteiger partial charge is 0.487 e. The molecule has 1 N–H and O–H groups in total. The second-order valence-electron chi connectivity index (χ2n) is 4.39. The number of nitro benzene ring substituents is 1. The van der Waals surface area contributed by atoms with Crippen LogP contribution in [0.3, 0.4) is 0 Å². The molecule has 0 aliphatic heterocycles. The van der Waals surface area contributed by atoms with E-state index in [2.05, 4.69) is 5.32 Å². The van der Waals surface area contributed by atoms with E-state index in [4.69, 9.17) is 4.74 Å².